The number of pyridine rings is 1. The predicted molar refractivity (Wildman–Crippen MR) is 142 cm³/mol. The van der Waals surface area contributed by atoms with Gasteiger partial charge < -0.3 is 14.5 Å². The molecule has 0 aliphatic carbocycles. The van der Waals surface area contributed by atoms with E-state index >= 15 is 0 Å². The van der Waals surface area contributed by atoms with E-state index in [1.807, 2.05) is 13.1 Å². The number of rotatable bonds is 5. The van der Waals surface area contributed by atoms with Gasteiger partial charge in [0.1, 0.15) is 12.4 Å². The van der Waals surface area contributed by atoms with Crippen molar-refractivity contribution < 1.29 is 22.7 Å². The lowest BCUT2D eigenvalue weighted by atomic mass is 10.1. The number of anilines is 3. The number of piperazine rings is 1. The van der Waals surface area contributed by atoms with Gasteiger partial charge in [-0.2, -0.15) is 0 Å². The average molecular weight is 528 g/mol. The van der Waals surface area contributed by atoms with Crippen molar-refractivity contribution in [2.75, 3.05) is 59.2 Å². The van der Waals surface area contributed by atoms with Crippen LogP contribution in [0.25, 0.3) is 0 Å². The van der Waals surface area contributed by atoms with Crippen LogP contribution in [-0.2, 0) is 21.2 Å². The first kappa shape index (κ1) is 25.3. The van der Waals surface area contributed by atoms with Crippen molar-refractivity contribution in [1.82, 2.24) is 9.88 Å². The van der Waals surface area contributed by atoms with Crippen molar-refractivity contribution >= 4 is 39.2 Å². The van der Waals surface area contributed by atoms with Crippen LogP contribution in [0.2, 0.25) is 0 Å². The molecule has 0 radical (unpaired) electrons. The van der Waals surface area contributed by atoms with E-state index < -0.39 is 16.1 Å². The molecule has 1 aromatic carbocycles. The Bertz CT molecular complexity index is 1320. The van der Waals surface area contributed by atoms with Gasteiger partial charge in [0.25, 0.3) is 5.91 Å². The van der Waals surface area contributed by atoms with E-state index in [4.69, 9.17) is 4.74 Å². The molecule has 0 unspecified atom stereocenters. The minimum atomic E-state index is -3.54. The predicted octanol–water partition coefficient (Wildman–Crippen LogP) is 2.80. The van der Waals surface area contributed by atoms with E-state index in [0.29, 0.717) is 56.1 Å². The molecule has 4 heterocycles. The number of hydrogen-bond acceptors (Lipinski definition) is 7. The molecular formula is C26H33N5O5S. The monoisotopic (exact) mass is 527 g/mol. The summed E-state index contributed by atoms with van der Waals surface area (Å²) < 4.78 is 32.1. The van der Waals surface area contributed by atoms with E-state index in [-0.39, 0.29) is 24.3 Å². The number of amides is 2. The number of nitrogens with zero attached hydrogens (tertiary/aromatic N) is 5. The topological polar surface area (TPSA) is 103 Å². The third kappa shape index (κ3) is 4.72. The van der Waals surface area contributed by atoms with Gasteiger partial charge in [-0.3, -0.25) is 14.0 Å². The number of aromatic nitrogens is 1. The Morgan fingerprint density at radius 2 is 1.89 bits per heavy atom. The molecule has 37 heavy (non-hydrogen) atoms. The summed E-state index contributed by atoms with van der Waals surface area (Å²) in [5.41, 5.74) is 3.47. The van der Waals surface area contributed by atoms with Crippen LogP contribution in [0.15, 0.2) is 30.5 Å². The first-order valence-corrected chi connectivity index (χ1v) is 14.4. The summed E-state index contributed by atoms with van der Waals surface area (Å²) in [5, 5.41) is 0. The van der Waals surface area contributed by atoms with Gasteiger partial charge in [-0.25, -0.2) is 18.2 Å². The highest BCUT2D eigenvalue weighted by Gasteiger charge is 2.36. The third-order valence-corrected chi connectivity index (χ3v) is 9.18. The van der Waals surface area contributed by atoms with E-state index in [1.54, 1.807) is 23.1 Å². The number of sulfonamides is 1. The minimum Gasteiger partial charge on any atom is -0.447 e. The maximum Gasteiger partial charge on any atom is 0.414 e. The number of benzene rings is 1. The number of carbonyl (C=O) groups excluding carboxylic acids is 2. The van der Waals surface area contributed by atoms with Crippen molar-refractivity contribution in [3.05, 3.63) is 47.2 Å². The standard InChI is InChI=1S/C26H33N5O5S/c1-4-20-14-18(2)24(27-16-20)28-9-11-29(12-10-28)25(32)22-7-6-21(31-19(3)17-36-26(31)33)15-23(22)30-8-5-13-37(30,34)35/h6-7,14-16,19H,4-5,8-13,17H2,1-3H3/t19-/m1/s1. The normalized spacial score (nSPS) is 21.5. The molecule has 3 fully saturated rings. The van der Waals surface area contributed by atoms with Crippen LogP contribution in [0.3, 0.4) is 0 Å². The molecule has 0 saturated carbocycles. The lowest BCUT2D eigenvalue weighted by Gasteiger charge is -2.36. The van der Waals surface area contributed by atoms with Gasteiger partial charge in [0.2, 0.25) is 10.0 Å². The zero-order valence-corrected chi connectivity index (χ0v) is 22.3. The SMILES string of the molecule is CCc1cnc(N2CCN(C(=O)c3ccc(N4C(=O)OC[C@H]4C)cc3N3CCCS3(=O)=O)CC2)c(C)c1. The molecule has 11 heteroatoms. The first-order chi connectivity index (χ1) is 17.7. The van der Waals surface area contributed by atoms with Crippen LogP contribution in [0, 0.1) is 6.92 Å². The average Bonchev–Trinajstić information content (AvgIpc) is 3.42. The molecule has 3 aliphatic heterocycles. The summed E-state index contributed by atoms with van der Waals surface area (Å²) in [6, 6.07) is 6.94. The molecule has 0 N–H and O–H groups in total. The molecule has 0 bridgehead atoms. The Balaban J connectivity index is 1.40. The summed E-state index contributed by atoms with van der Waals surface area (Å²) in [6.07, 6.45) is 2.85. The molecule has 10 nitrogen and oxygen atoms in total. The van der Waals surface area contributed by atoms with Crippen molar-refractivity contribution in [2.45, 2.75) is 39.7 Å². The molecule has 2 amide bonds. The summed E-state index contributed by atoms with van der Waals surface area (Å²) in [5.74, 6) is 0.755. The van der Waals surface area contributed by atoms with Crippen LogP contribution in [0.1, 0.15) is 41.8 Å². The summed E-state index contributed by atoms with van der Waals surface area (Å²) in [6.45, 7) is 8.86. The molecule has 5 rings (SSSR count). The number of aryl methyl sites for hydroxylation is 2. The largest absolute Gasteiger partial charge is 0.447 e. The van der Waals surface area contributed by atoms with Crippen LogP contribution in [0.4, 0.5) is 22.0 Å². The maximum atomic E-state index is 13.7. The van der Waals surface area contributed by atoms with Crippen molar-refractivity contribution in [1.29, 1.82) is 0 Å². The Hall–Kier alpha value is -3.34. The van der Waals surface area contributed by atoms with Crippen molar-refractivity contribution in [3.8, 4) is 0 Å². The zero-order valence-electron chi connectivity index (χ0n) is 21.5. The second-order valence-electron chi connectivity index (χ2n) is 9.86. The van der Waals surface area contributed by atoms with Gasteiger partial charge in [0.15, 0.2) is 0 Å². The van der Waals surface area contributed by atoms with Crippen LogP contribution in [0.5, 0.6) is 0 Å². The zero-order chi connectivity index (χ0) is 26.3. The van der Waals surface area contributed by atoms with Gasteiger partial charge in [-0.15, -0.1) is 0 Å². The van der Waals surface area contributed by atoms with E-state index in [1.165, 1.54) is 14.8 Å². The summed E-state index contributed by atoms with van der Waals surface area (Å²) >= 11 is 0. The Labute approximate surface area is 217 Å². The highest BCUT2D eigenvalue weighted by atomic mass is 32.2. The lowest BCUT2D eigenvalue weighted by molar-refractivity contribution is 0.0747. The summed E-state index contributed by atoms with van der Waals surface area (Å²) in [4.78, 5) is 36.1. The number of carbonyl (C=O) groups is 2. The molecule has 3 aliphatic rings. The Kier molecular flexibility index (Phi) is 6.74. The molecule has 198 valence electrons. The van der Waals surface area contributed by atoms with Crippen LogP contribution < -0.4 is 14.1 Å². The van der Waals surface area contributed by atoms with E-state index in [9.17, 15) is 18.0 Å². The molecular weight excluding hydrogens is 494 g/mol. The minimum absolute atomic E-state index is 0.0366. The second kappa shape index (κ2) is 9.85. The van der Waals surface area contributed by atoms with Gasteiger partial charge in [0, 0.05) is 44.6 Å². The fourth-order valence-corrected chi connectivity index (χ4v) is 6.86. The molecule has 0 spiro atoms. The van der Waals surface area contributed by atoms with Crippen LogP contribution >= 0.6 is 0 Å². The highest BCUT2D eigenvalue weighted by molar-refractivity contribution is 7.93. The maximum absolute atomic E-state index is 13.7. The van der Waals surface area contributed by atoms with Gasteiger partial charge in [-0.1, -0.05) is 13.0 Å². The van der Waals surface area contributed by atoms with Crippen molar-refractivity contribution in [3.63, 3.8) is 0 Å². The van der Waals surface area contributed by atoms with E-state index in [2.05, 4.69) is 29.8 Å². The van der Waals surface area contributed by atoms with Crippen molar-refractivity contribution in [2.24, 2.45) is 0 Å². The molecule has 1 aromatic heterocycles. The van der Waals surface area contributed by atoms with Gasteiger partial charge >= 0.3 is 6.09 Å². The first-order valence-electron chi connectivity index (χ1n) is 12.8. The van der Waals surface area contributed by atoms with Gasteiger partial charge in [-0.05, 0) is 56.0 Å². The smallest absolute Gasteiger partial charge is 0.414 e. The molecule has 3 saturated heterocycles. The number of cyclic esters (lactones) is 1. The Morgan fingerprint density at radius 1 is 1.14 bits per heavy atom. The van der Waals surface area contributed by atoms with Gasteiger partial charge in [0.05, 0.1) is 23.0 Å². The van der Waals surface area contributed by atoms with Crippen LogP contribution in [-0.4, -0.2) is 81.4 Å². The summed E-state index contributed by atoms with van der Waals surface area (Å²) in [7, 11) is -3.54. The van der Waals surface area contributed by atoms with E-state index in [0.717, 1.165) is 17.8 Å². The third-order valence-electron chi connectivity index (χ3n) is 7.33. The quantitative estimate of drug-likeness (QED) is 0.589. The lowest BCUT2D eigenvalue weighted by Crippen LogP contribution is -2.49. The molecule has 2 aromatic rings. The fraction of sp³-hybridized carbons (Fsp3) is 0.500. The number of ether oxygens (including phenoxy) is 1. The number of hydrogen-bond donors (Lipinski definition) is 0. The fourth-order valence-electron chi connectivity index (χ4n) is 5.28. The highest BCUT2D eigenvalue weighted by Crippen LogP contribution is 2.35. The molecule has 1 atom stereocenters. The second-order valence-corrected chi connectivity index (χ2v) is 11.9. The Morgan fingerprint density at radius 3 is 2.49 bits per heavy atom.